The molecule has 0 unspecified atom stereocenters. The molecule has 3 N–H and O–H groups in total. The molecule has 1 aliphatic heterocycles. The zero-order valence-electron chi connectivity index (χ0n) is 16.8. The molecule has 26 heavy (non-hydrogen) atoms. The fourth-order valence-corrected chi connectivity index (χ4v) is 4.27. The van der Waals surface area contributed by atoms with Crippen LogP contribution in [0.3, 0.4) is 0 Å². The first-order valence-electron chi connectivity index (χ1n) is 10.6. The molecular formula is C20H38N4O2. The zero-order chi connectivity index (χ0) is 19.0. The molecule has 0 aromatic carbocycles. The Morgan fingerprint density at radius 2 is 1.65 bits per heavy atom. The van der Waals surface area contributed by atoms with Gasteiger partial charge in [0.1, 0.15) is 0 Å². The first-order valence-corrected chi connectivity index (χ1v) is 10.6. The Bertz CT molecular complexity index is 442. The van der Waals surface area contributed by atoms with Gasteiger partial charge in [-0.25, -0.2) is 0 Å². The molecule has 0 atom stereocenters. The second-order valence-electron chi connectivity index (χ2n) is 7.95. The van der Waals surface area contributed by atoms with E-state index in [1.807, 2.05) is 13.8 Å². The lowest BCUT2D eigenvalue weighted by Gasteiger charge is -2.37. The predicted octanol–water partition coefficient (Wildman–Crippen LogP) is 1.59. The highest BCUT2D eigenvalue weighted by molar-refractivity contribution is 5.82. The third kappa shape index (κ3) is 5.19. The van der Waals surface area contributed by atoms with Gasteiger partial charge in [-0.2, -0.15) is 0 Å². The number of nitrogens with zero attached hydrogens (tertiary/aromatic N) is 2. The van der Waals surface area contributed by atoms with Crippen molar-refractivity contribution < 1.29 is 9.59 Å². The third-order valence-electron chi connectivity index (χ3n) is 6.58. The van der Waals surface area contributed by atoms with Crippen LogP contribution < -0.4 is 11.1 Å². The van der Waals surface area contributed by atoms with E-state index in [1.165, 1.54) is 19.3 Å². The summed E-state index contributed by atoms with van der Waals surface area (Å²) in [6.45, 7) is 9.38. The molecule has 0 bridgehead atoms. The summed E-state index contributed by atoms with van der Waals surface area (Å²) in [7, 11) is 0. The molecule has 2 rings (SSSR count). The van der Waals surface area contributed by atoms with Crippen LogP contribution in [0.15, 0.2) is 0 Å². The van der Waals surface area contributed by atoms with E-state index in [4.69, 9.17) is 5.73 Å². The zero-order valence-corrected chi connectivity index (χ0v) is 16.8. The Morgan fingerprint density at radius 3 is 2.19 bits per heavy atom. The number of rotatable bonds is 8. The molecule has 1 saturated carbocycles. The highest BCUT2D eigenvalue weighted by Crippen LogP contribution is 2.26. The summed E-state index contributed by atoms with van der Waals surface area (Å²) >= 11 is 0. The first kappa shape index (κ1) is 21.2. The summed E-state index contributed by atoms with van der Waals surface area (Å²) in [6.07, 6.45) is 7.38. The predicted molar refractivity (Wildman–Crippen MR) is 105 cm³/mol. The number of piperazine rings is 1. The van der Waals surface area contributed by atoms with E-state index in [1.54, 1.807) is 0 Å². The molecule has 0 aromatic heterocycles. The second kappa shape index (κ2) is 10.3. The SMILES string of the molecule is CCC(CC)(CN)C(=O)NCCN1CCN(C(=O)C2CCCCC2)CC1. The fourth-order valence-electron chi connectivity index (χ4n) is 4.27. The topological polar surface area (TPSA) is 78.7 Å². The largest absolute Gasteiger partial charge is 0.354 e. The summed E-state index contributed by atoms with van der Waals surface area (Å²) in [5.41, 5.74) is 5.42. The molecule has 6 heteroatoms. The molecule has 1 aliphatic carbocycles. The molecule has 0 spiro atoms. The van der Waals surface area contributed by atoms with Crippen LogP contribution in [0.4, 0.5) is 0 Å². The van der Waals surface area contributed by atoms with E-state index < -0.39 is 5.41 Å². The fraction of sp³-hybridized carbons (Fsp3) is 0.900. The monoisotopic (exact) mass is 366 g/mol. The second-order valence-corrected chi connectivity index (χ2v) is 7.95. The molecule has 2 amide bonds. The van der Waals surface area contributed by atoms with Gasteiger partial charge in [-0.15, -0.1) is 0 Å². The molecule has 2 fully saturated rings. The maximum atomic E-state index is 12.6. The van der Waals surface area contributed by atoms with Crippen LogP contribution in [-0.2, 0) is 9.59 Å². The van der Waals surface area contributed by atoms with Gasteiger partial charge in [0.25, 0.3) is 0 Å². The Labute approximate surface area is 158 Å². The van der Waals surface area contributed by atoms with Crippen molar-refractivity contribution in [2.45, 2.75) is 58.8 Å². The minimum absolute atomic E-state index is 0.0797. The summed E-state index contributed by atoms with van der Waals surface area (Å²) in [6, 6.07) is 0. The van der Waals surface area contributed by atoms with Gasteiger partial charge in [0.2, 0.25) is 11.8 Å². The minimum Gasteiger partial charge on any atom is -0.354 e. The van der Waals surface area contributed by atoms with Gasteiger partial charge in [0, 0.05) is 51.7 Å². The van der Waals surface area contributed by atoms with Crippen molar-refractivity contribution in [1.82, 2.24) is 15.1 Å². The van der Waals surface area contributed by atoms with Gasteiger partial charge in [-0.1, -0.05) is 33.1 Å². The Hall–Kier alpha value is -1.14. The lowest BCUT2D eigenvalue weighted by molar-refractivity contribution is -0.138. The van der Waals surface area contributed by atoms with Gasteiger partial charge in [0.05, 0.1) is 5.41 Å². The lowest BCUT2D eigenvalue weighted by atomic mass is 9.81. The number of hydrogen-bond acceptors (Lipinski definition) is 4. The van der Waals surface area contributed by atoms with Gasteiger partial charge >= 0.3 is 0 Å². The Morgan fingerprint density at radius 1 is 1.04 bits per heavy atom. The van der Waals surface area contributed by atoms with Gasteiger partial charge in [-0.05, 0) is 25.7 Å². The first-order chi connectivity index (χ1) is 12.6. The Balaban J connectivity index is 1.68. The maximum Gasteiger partial charge on any atom is 0.227 e. The van der Waals surface area contributed by atoms with Crippen molar-refractivity contribution in [3.63, 3.8) is 0 Å². The molecule has 2 aliphatic rings. The molecule has 1 heterocycles. The van der Waals surface area contributed by atoms with E-state index >= 15 is 0 Å². The highest BCUT2D eigenvalue weighted by Gasteiger charge is 2.33. The minimum atomic E-state index is -0.425. The summed E-state index contributed by atoms with van der Waals surface area (Å²) in [5.74, 6) is 0.717. The molecule has 6 nitrogen and oxygen atoms in total. The average Bonchev–Trinajstić information content (AvgIpc) is 2.70. The van der Waals surface area contributed by atoms with Crippen LogP contribution in [-0.4, -0.2) is 67.4 Å². The summed E-state index contributed by atoms with van der Waals surface area (Å²) in [4.78, 5) is 29.5. The van der Waals surface area contributed by atoms with Crippen LogP contribution in [0.2, 0.25) is 0 Å². The van der Waals surface area contributed by atoms with E-state index in [0.29, 0.717) is 19.0 Å². The van der Waals surface area contributed by atoms with Crippen molar-refractivity contribution >= 4 is 11.8 Å². The Kier molecular flexibility index (Phi) is 8.35. The van der Waals surface area contributed by atoms with Gasteiger partial charge < -0.3 is 16.0 Å². The van der Waals surface area contributed by atoms with Crippen LogP contribution in [0.1, 0.15) is 58.8 Å². The summed E-state index contributed by atoms with van der Waals surface area (Å²) < 4.78 is 0. The standard InChI is InChI=1S/C20H38N4O2/c1-3-20(4-2,16-21)19(26)22-10-11-23-12-14-24(15-13-23)18(25)17-8-6-5-7-9-17/h17H,3-16,21H2,1-2H3,(H,22,26). The lowest BCUT2D eigenvalue weighted by Crippen LogP contribution is -2.52. The number of carbonyl (C=O) groups excluding carboxylic acids is 2. The van der Waals surface area contributed by atoms with E-state index in [2.05, 4.69) is 15.1 Å². The summed E-state index contributed by atoms with van der Waals surface area (Å²) in [5, 5.41) is 3.07. The van der Waals surface area contributed by atoms with E-state index in [0.717, 1.165) is 58.4 Å². The maximum absolute atomic E-state index is 12.6. The third-order valence-corrected chi connectivity index (χ3v) is 6.58. The molecule has 1 saturated heterocycles. The number of carbonyl (C=O) groups is 2. The van der Waals surface area contributed by atoms with Crippen molar-refractivity contribution in [2.24, 2.45) is 17.1 Å². The molecule has 0 radical (unpaired) electrons. The van der Waals surface area contributed by atoms with Crippen LogP contribution in [0.25, 0.3) is 0 Å². The van der Waals surface area contributed by atoms with Crippen LogP contribution in [0.5, 0.6) is 0 Å². The quantitative estimate of drug-likeness (QED) is 0.684. The van der Waals surface area contributed by atoms with Crippen molar-refractivity contribution in [2.75, 3.05) is 45.8 Å². The van der Waals surface area contributed by atoms with Crippen LogP contribution >= 0.6 is 0 Å². The molecule has 150 valence electrons. The average molecular weight is 367 g/mol. The van der Waals surface area contributed by atoms with Crippen molar-refractivity contribution in [3.8, 4) is 0 Å². The number of hydrogen-bond donors (Lipinski definition) is 2. The van der Waals surface area contributed by atoms with Crippen molar-refractivity contribution in [3.05, 3.63) is 0 Å². The molecule has 0 aromatic rings. The van der Waals surface area contributed by atoms with Crippen molar-refractivity contribution in [1.29, 1.82) is 0 Å². The highest BCUT2D eigenvalue weighted by atomic mass is 16.2. The van der Waals surface area contributed by atoms with E-state index in [-0.39, 0.29) is 11.8 Å². The molecular weight excluding hydrogens is 328 g/mol. The smallest absolute Gasteiger partial charge is 0.227 e. The number of amides is 2. The van der Waals surface area contributed by atoms with Crippen LogP contribution in [0, 0.1) is 11.3 Å². The van der Waals surface area contributed by atoms with Gasteiger partial charge in [0.15, 0.2) is 0 Å². The van der Waals surface area contributed by atoms with E-state index in [9.17, 15) is 9.59 Å². The number of nitrogens with two attached hydrogens (primary N) is 1. The number of nitrogens with one attached hydrogen (secondary N) is 1. The normalized spacial score (nSPS) is 20.2. The van der Waals surface area contributed by atoms with Gasteiger partial charge in [-0.3, -0.25) is 14.5 Å².